The van der Waals surface area contributed by atoms with Crippen LogP contribution in [-0.4, -0.2) is 36.1 Å². The molecule has 0 bridgehead atoms. The van der Waals surface area contributed by atoms with Gasteiger partial charge in [-0.15, -0.1) is 6.58 Å². The van der Waals surface area contributed by atoms with Gasteiger partial charge in [0.15, 0.2) is 0 Å². The molecule has 2 aliphatic carbocycles. The van der Waals surface area contributed by atoms with Crippen LogP contribution in [0, 0.1) is 5.92 Å². The van der Waals surface area contributed by atoms with E-state index in [1.54, 1.807) is 0 Å². The zero-order valence-corrected chi connectivity index (χ0v) is 10.8. The summed E-state index contributed by atoms with van der Waals surface area (Å²) in [5, 5.41) is 3.68. The summed E-state index contributed by atoms with van der Waals surface area (Å²) in [6.07, 6.45) is 7.61. The van der Waals surface area contributed by atoms with E-state index in [0.717, 1.165) is 31.1 Å². The van der Waals surface area contributed by atoms with Crippen molar-refractivity contribution in [2.24, 2.45) is 5.92 Å². The van der Waals surface area contributed by atoms with Crippen molar-refractivity contribution < 1.29 is 0 Å². The summed E-state index contributed by atoms with van der Waals surface area (Å²) in [7, 11) is 0. The molecule has 0 amide bonds. The molecule has 1 atom stereocenters. The summed E-state index contributed by atoms with van der Waals surface area (Å²) < 4.78 is 0. The maximum absolute atomic E-state index is 3.90. The second-order valence-corrected chi connectivity index (χ2v) is 5.71. The Kier molecular flexibility index (Phi) is 4.04. The predicted octanol–water partition coefficient (Wildman–Crippen LogP) is 2.41. The summed E-state index contributed by atoms with van der Waals surface area (Å²) in [5.74, 6) is 0.729. The molecule has 0 spiro atoms. The largest absolute Gasteiger partial charge is 0.312 e. The van der Waals surface area contributed by atoms with Crippen LogP contribution in [0.25, 0.3) is 0 Å². The summed E-state index contributed by atoms with van der Waals surface area (Å²) >= 11 is 0. The SMILES string of the molecule is C=CCN(C1CC1)C(CNC1CC1)C(C)C. The zero-order valence-electron chi connectivity index (χ0n) is 10.8. The molecule has 0 heterocycles. The third kappa shape index (κ3) is 3.33. The molecule has 1 N–H and O–H groups in total. The van der Waals surface area contributed by atoms with E-state index < -0.39 is 0 Å². The first-order valence-corrected chi connectivity index (χ1v) is 6.82. The van der Waals surface area contributed by atoms with Crippen molar-refractivity contribution in [3.8, 4) is 0 Å². The van der Waals surface area contributed by atoms with Gasteiger partial charge in [-0.05, 0) is 31.6 Å². The van der Waals surface area contributed by atoms with E-state index in [2.05, 4.69) is 36.7 Å². The Bertz CT molecular complexity index is 229. The van der Waals surface area contributed by atoms with Crippen molar-refractivity contribution >= 4 is 0 Å². The van der Waals surface area contributed by atoms with Gasteiger partial charge in [0.05, 0.1) is 0 Å². The van der Waals surface area contributed by atoms with Crippen LogP contribution in [0.2, 0.25) is 0 Å². The van der Waals surface area contributed by atoms with Crippen molar-refractivity contribution in [3.05, 3.63) is 12.7 Å². The topological polar surface area (TPSA) is 15.3 Å². The van der Waals surface area contributed by atoms with Gasteiger partial charge in [0.1, 0.15) is 0 Å². The fraction of sp³-hybridized carbons (Fsp3) is 0.857. The molecular formula is C14H26N2. The van der Waals surface area contributed by atoms with Gasteiger partial charge in [-0.2, -0.15) is 0 Å². The van der Waals surface area contributed by atoms with Crippen LogP contribution in [0.5, 0.6) is 0 Å². The lowest BCUT2D eigenvalue weighted by Crippen LogP contribution is -2.47. The van der Waals surface area contributed by atoms with E-state index in [4.69, 9.17) is 0 Å². The fourth-order valence-corrected chi connectivity index (χ4v) is 2.42. The lowest BCUT2D eigenvalue weighted by atomic mass is 10.0. The monoisotopic (exact) mass is 222 g/mol. The summed E-state index contributed by atoms with van der Waals surface area (Å²) in [5.41, 5.74) is 0. The maximum atomic E-state index is 3.90. The first-order chi connectivity index (χ1) is 7.72. The van der Waals surface area contributed by atoms with Crippen molar-refractivity contribution in [2.75, 3.05) is 13.1 Å². The molecule has 0 aromatic heterocycles. The smallest absolute Gasteiger partial charge is 0.0249 e. The Balaban J connectivity index is 1.87. The van der Waals surface area contributed by atoms with Crippen molar-refractivity contribution in [3.63, 3.8) is 0 Å². The van der Waals surface area contributed by atoms with Gasteiger partial charge in [0.25, 0.3) is 0 Å². The highest BCUT2D eigenvalue weighted by atomic mass is 15.2. The Morgan fingerprint density at radius 2 is 2.00 bits per heavy atom. The molecule has 2 saturated carbocycles. The van der Waals surface area contributed by atoms with Crippen LogP contribution in [-0.2, 0) is 0 Å². The van der Waals surface area contributed by atoms with Gasteiger partial charge in [-0.1, -0.05) is 19.9 Å². The minimum atomic E-state index is 0.686. The van der Waals surface area contributed by atoms with Crippen molar-refractivity contribution in [1.82, 2.24) is 10.2 Å². The second-order valence-electron chi connectivity index (χ2n) is 5.71. The van der Waals surface area contributed by atoms with Crippen molar-refractivity contribution in [1.29, 1.82) is 0 Å². The predicted molar refractivity (Wildman–Crippen MR) is 69.6 cm³/mol. The fourth-order valence-electron chi connectivity index (χ4n) is 2.42. The Morgan fingerprint density at radius 1 is 1.31 bits per heavy atom. The van der Waals surface area contributed by atoms with Crippen LogP contribution in [0.4, 0.5) is 0 Å². The highest BCUT2D eigenvalue weighted by Gasteiger charge is 2.35. The zero-order chi connectivity index (χ0) is 11.5. The first kappa shape index (κ1) is 12.1. The molecular weight excluding hydrogens is 196 g/mol. The summed E-state index contributed by atoms with van der Waals surface area (Å²) in [6, 6.07) is 2.35. The Labute approximate surface area is 100 Å². The quantitative estimate of drug-likeness (QED) is 0.635. The lowest BCUT2D eigenvalue weighted by molar-refractivity contribution is 0.158. The maximum Gasteiger partial charge on any atom is 0.0249 e. The molecule has 2 fully saturated rings. The van der Waals surface area contributed by atoms with Gasteiger partial charge in [-0.3, -0.25) is 4.90 Å². The Morgan fingerprint density at radius 3 is 2.44 bits per heavy atom. The molecule has 2 heteroatoms. The average molecular weight is 222 g/mol. The molecule has 2 aliphatic rings. The van der Waals surface area contributed by atoms with Gasteiger partial charge in [0.2, 0.25) is 0 Å². The number of hydrogen-bond acceptors (Lipinski definition) is 2. The molecule has 2 nitrogen and oxygen atoms in total. The minimum absolute atomic E-state index is 0.686. The molecule has 0 saturated heterocycles. The molecule has 16 heavy (non-hydrogen) atoms. The van der Waals surface area contributed by atoms with Crippen LogP contribution in [0.1, 0.15) is 39.5 Å². The van der Waals surface area contributed by atoms with E-state index in [1.807, 2.05) is 0 Å². The van der Waals surface area contributed by atoms with Gasteiger partial charge in [0, 0.05) is 31.2 Å². The molecule has 0 aromatic carbocycles. The molecule has 0 aromatic rings. The molecule has 92 valence electrons. The van der Waals surface area contributed by atoms with E-state index in [1.165, 1.54) is 25.7 Å². The number of nitrogens with zero attached hydrogens (tertiary/aromatic N) is 1. The van der Waals surface area contributed by atoms with E-state index in [-0.39, 0.29) is 0 Å². The van der Waals surface area contributed by atoms with E-state index in [9.17, 15) is 0 Å². The van der Waals surface area contributed by atoms with Gasteiger partial charge in [-0.25, -0.2) is 0 Å². The highest BCUT2D eigenvalue weighted by molar-refractivity contribution is 4.94. The normalized spacial score (nSPS) is 22.8. The highest BCUT2D eigenvalue weighted by Crippen LogP contribution is 2.30. The van der Waals surface area contributed by atoms with Gasteiger partial charge >= 0.3 is 0 Å². The van der Waals surface area contributed by atoms with Crippen LogP contribution >= 0.6 is 0 Å². The third-order valence-electron chi connectivity index (χ3n) is 3.74. The molecule has 0 aliphatic heterocycles. The van der Waals surface area contributed by atoms with Crippen LogP contribution in [0.15, 0.2) is 12.7 Å². The van der Waals surface area contributed by atoms with E-state index in [0.29, 0.717) is 6.04 Å². The molecule has 0 radical (unpaired) electrons. The second kappa shape index (κ2) is 5.33. The first-order valence-electron chi connectivity index (χ1n) is 6.82. The Hall–Kier alpha value is -0.340. The number of hydrogen-bond donors (Lipinski definition) is 1. The van der Waals surface area contributed by atoms with Gasteiger partial charge < -0.3 is 5.32 Å². The number of rotatable bonds is 8. The summed E-state index contributed by atoms with van der Waals surface area (Å²) in [6.45, 7) is 10.8. The standard InChI is InChI=1S/C14H26N2/c1-4-9-16(13-7-8-13)14(11(2)3)10-15-12-5-6-12/h4,11-15H,1,5-10H2,2-3H3. The lowest BCUT2D eigenvalue weighted by Gasteiger charge is -2.34. The van der Waals surface area contributed by atoms with Crippen LogP contribution in [0.3, 0.4) is 0 Å². The van der Waals surface area contributed by atoms with Crippen LogP contribution < -0.4 is 5.32 Å². The molecule has 2 rings (SSSR count). The summed E-state index contributed by atoms with van der Waals surface area (Å²) in [4.78, 5) is 2.66. The number of nitrogens with one attached hydrogen (secondary N) is 1. The minimum Gasteiger partial charge on any atom is -0.312 e. The van der Waals surface area contributed by atoms with E-state index >= 15 is 0 Å². The molecule has 1 unspecified atom stereocenters. The average Bonchev–Trinajstić information content (AvgIpc) is 3.10. The van der Waals surface area contributed by atoms with Crippen molar-refractivity contribution in [2.45, 2.75) is 57.7 Å². The third-order valence-corrected chi connectivity index (χ3v) is 3.74.